The molecule has 2 rings (SSSR count). The largest absolute Gasteiger partial charge is 0.493 e. The summed E-state index contributed by atoms with van der Waals surface area (Å²) in [5, 5.41) is 9.55. The van der Waals surface area contributed by atoms with Crippen molar-refractivity contribution in [3.63, 3.8) is 0 Å². The maximum atomic E-state index is 12.5. The fourth-order valence-electron chi connectivity index (χ4n) is 2.54. The zero-order valence-electron chi connectivity index (χ0n) is 16.3. The maximum Gasteiger partial charge on any atom is 0.387 e. The smallest absolute Gasteiger partial charge is 0.387 e. The third kappa shape index (κ3) is 7.30. The van der Waals surface area contributed by atoms with Gasteiger partial charge in [-0.2, -0.15) is 8.78 Å². The summed E-state index contributed by atoms with van der Waals surface area (Å²) >= 11 is 1.64. The number of hydrogen-bond donors (Lipinski definition) is 2. The van der Waals surface area contributed by atoms with E-state index in [0.29, 0.717) is 25.5 Å². The van der Waals surface area contributed by atoms with Crippen molar-refractivity contribution in [2.45, 2.75) is 33.3 Å². The van der Waals surface area contributed by atoms with Crippen LogP contribution in [0.1, 0.15) is 23.2 Å². The summed E-state index contributed by atoms with van der Waals surface area (Å²) in [4.78, 5) is 8.98. The molecule has 0 aliphatic carbocycles. The Morgan fingerprint density at radius 1 is 1.25 bits per heavy atom. The lowest BCUT2D eigenvalue weighted by Gasteiger charge is -2.13. The van der Waals surface area contributed by atoms with Gasteiger partial charge in [-0.3, -0.25) is 4.99 Å². The zero-order valence-corrected chi connectivity index (χ0v) is 17.1. The highest BCUT2D eigenvalue weighted by atomic mass is 32.1. The average molecular weight is 413 g/mol. The molecule has 0 aliphatic rings. The molecule has 1 aromatic heterocycles. The van der Waals surface area contributed by atoms with E-state index in [1.807, 2.05) is 25.3 Å². The van der Waals surface area contributed by atoms with Gasteiger partial charge in [0, 0.05) is 31.4 Å². The minimum absolute atomic E-state index is 0.0362. The standard InChI is InChI=1S/C19H26F2N4O2S/c1-4-22-19(24-10-8-15-12-28-13(2)25-15)23-9-7-14-5-6-16(26-3)17(11-14)27-18(20)21/h5-6,11-12,18H,4,7-10H2,1-3H3,(H2,22,23,24). The lowest BCUT2D eigenvalue weighted by Crippen LogP contribution is -2.38. The number of thiazole rings is 1. The first kappa shape index (κ1) is 21.9. The van der Waals surface area contributed by atoms with Gasteiger partial charge < -0.3 is 20.1 Å². The van der Waals surface area contributed by atoms with Crippen LogP contribution in [0.4, 0.5) is 8.78 Å². The number of rotatable bonds is 10. The Morgan fingerprint density at radius 2 is 2.07 bits per heavy atom. The molecule has 1 heterocycles. The van der Waals surface area contributed by atoms with Crippen LogP contribution in [0.25, 0.3) is 0 Å². The number of nitrogens with one attached hydrogen (secondary N) is 2. The number of alkyl halides is 2. The summed E-state index contributed by atoms with van der Waals surface area (Å²) in [6, 6.07) is 5.02. The Kier molecular flexibility index (Phi) is 8.93. The van der Waals surface area contributed by atoms with Gasteiger partial charge in [0.1, 0.15) is 0 Å². The predicted octanol–water partition coefficient (Wildman–Crippen LogP) is 3.40. The second kappa shape index (κ2) is 11.4. The van der Waals surface area contributed by atoms with Crippen LogP contribution in [0.3, 0.4) is 0 Å². The van der Waals surface area contributed by atoms with E-state index >= 15 is 0 Å². The number of halogens is 2. The first-order chi connectivity index (χ1) is 13.5. The van der Waals surface area contributed by atoms with Gasteiger partial charge in [-0.25, -0.2) is 4.98 Å². The normalized spacial score (nSPS) is 11.6. The SMILES string of the molecule is CCNC(=NCCc1csc(C)n1)NCCc1ccc(OC)c(OC(F)F)c1. The summed E-state index contributed by atoms with van der Waals surface area (Å²) in [6.07, 6.45) is 1.41. The zero-order chi connectivity index (χ0) is 20.4. The van der Waals surface area contributed by atoms with Crippen molar-refractivity contribution in [3.8, 4) is 11.5 Å². The molecule has 0 fully saturated rings. The Labute approximate surface area is 168 Å². The monoisotopic (exact) mass is 412 g/mol. The molecule has 0 saturated carbocycles. The second-order valence-corrected chi connectivity index (χ2v) is 6.97. The quantitative estimate of drug-likeness (QED) is 0.462. The maximum absolute atomic E-state index is 12.5. The molecule has 154 valence electrons. The van der Waals surface area contributed by atoms with Gasteiger partial charge in [-0.15, -0.1) is 11.3 Å². The van der Waals surface area contributed by atoms with Crippen LogP contribution in [0.15, 0.2) is 28.6 Å². The van der Waals surface area contributed by atoms with E-state index in [1.54, 1.807) is 23.5 Å². The number of nitrogens with zero attached hydrogens (tertiary/aromatic N) is 2. The van der Waals surface area contributed by atoms with Crippen LogP contribution in [0, 0.1) is 6.92 Å². The summed E-state index contributed by atoms with van der Waals surface area (Å²) < 4.78 is 34.6. The van der Waals surface area contributed by atoms with Crippen molar-refractivity contribution >= 4 is 17.3 Å². The van der Waals surface area contributed by atoms with Crippen LogP contribution in [0.2, 0.25) is 0 Å². The molecule has 6 nitrogen and oxygen atoms in total. The van der Waals surface area contributed by atoms with Crippen molar-refractivity contribution in [2.24, 2.45) is 4.99 Å². The molecule has 0 saturated heterocycles. The molecule has 9 heteroatoms. The first-order valence-electron chi connectivity index (χ1n) is 9.06. The third-order valence-corrected chi connectivity index (χ3v) is 4.62. The number of hydrogen-bond acceptors (Lipinski definition) is 5. The molecule has 0 amide bonds. The Bertz CT molecular complexity index is 768. The van der Waals surface area contributed by atoms with Crippen molar-refractivity contribution in [1.82, 2.24) is 15.6 Å². The molecule has 2 N–H and O–H groups in total. The fourth-order valence-corrected chi connectivity index (χ4v) is 3.18. The van der Waals surface area contributed by atoms with E-state index in [9.17, 15) is 8.78 Å². The number of aromatic nitrogens is 1. The topological polar surface area (TPSA) is 67.8 Å². The number of guanidine groups is 1. The van der Waals surface area contributed by atoms with E-state index < -0.39 is 6.61 Å². The number of ether oxygens (including phenoxy) is 2. The summed E-state index contributed by atoms with van der Waals surface area (Å²) in [5.41, 5.74) is 1.91. The molecule has 1 aromatic carbocycles. The lowest BCUT2D eigenvalue weighted by molar-refractivity contribution is -0.0512. The van der Waals surface area contributed by atoms with Gasteiger partial charge in [-0.05, 0) is 38.0 Å². The molecule has 0 aliphatic heterocycles. The van der Waals surface area contributed by atoms with Crippen LogP contribution in [0.5, 0.6) is 11.5 Å². The lowest BCUT2D eigenvalue weighted by atomic mass is 10.1. The van der Waals surface area contributed by atoms with Crippen LogP contribution in [-0.2, 0) is 12.8 Å². The van der Waals surface area contributed by atoms with Crippen molar-refractivity contribution in [1.29, 1.82) is 0 Å². The first-order valence-corrected chi connectivity index (χ1v) is 9.94. The summed E-state index contributed by atoms with van der Waals surface area (Å²) in [5.74, 6) is 1.03. The third-order valence-electron chi connectivity index (χ3n) is 3.80. The molecule has 2 aromatic rings. The van der Waals surface area contributed by atoms with Crippen LogP contribution in [-0.4, -0.2) is 44.3 Å². The Morgan fingerprint density at radius 3 is 2.71 bits per heavy atom. The van der Waals surface area contributed by atoms with E-state index in [-0.39, 0.29) is 11.5 Å². The molecule has 0 spiro atoms. The van der Waals surface area contributed by atoms with Gasteiger partial charge >= 0.3 is 6.61 Å². The second-order valence-electron chi connectivity index (χ2n) is 5.91. The highest BCUT2D eigenvalue weighted by Gasteiger charge is 2.11. The number of aryl methyl sites for hydroxylation is 1. The van der Waals surface area contributed by atoms with Gasteiger partial charge in [0.15, 0.2) is 17.5 Å². The number of benzene rings is 1. The van der Waals surface area contributed by atoms with E-state index in [2.05, 4.69) is 25.3 Å². The summed E-state index contributed by atoms with van der Waals surface area (Å²) in [6.45, 7) is 3.07. The van der Waals surface area contributed by atoms with E-state index in [0.717, 1.165) is 29.2 Å². The van der Waals surface area contributed by atoms with Crippen molar-refractivity contribution < 1.29 is 18.3 Å². The molecule has 0 radical (unpaired) electrons. The minimum atomic E-state index is -2.89. The fraction of sp³-hybridized carbons (Fsp3) is 0.474. The van der Waals surface area contributed by atoms with Crippen molar-refractivity contribution in [2.75, 3.05) is 26.7 Å². The number of methoxy groups -OCH3 is 1. The van der Waals surface area contributed by atoms with E-state index in [1.165, 1.54) is 7.11 Å². The highest BCUT2D eigenvalue weighted by molar-refractivity contribution is 7.09. The molecule has 0 unspecified atom stereocenters. The van der Waals surface area contributed by atoms with Gasteiger partial charge in [0.05, 0.1) is 17.8 Å². The number of aliphatic imine (C=N–C) groups is 1. The Hall–Kier alpha value is -2.42. The Balaban J connectivity index is 1.88. The van der Waals surface area contributed by atoms with E-state index in [4.69, 9.17) is 4.74 Å². The van der Waals surface area contributed by atoms with Crippen molar-refractivity contribution in [3.05, 3.63) is 39.8 Å². The molecular weight excluding hydrogens is 386 g/mol. The van der Waals surface area contributed by atoms with Crippen LogP contribution >= 0.6 is 11.3 Å². The van der Waals surface area contributed by atoms with Gasteiger partial charge in [0.25, 0.3) is 0 Å². The average Bonchev–Trinajstić information content (AvgIpc) is 3.06. The molecule has 0 bridgehead atoms. The molecule has 28 heavy (non-hydrogen) atoms. The van der Waals surface area contributed by atoms with Gasteiger partial charge in [-0.1, -0.05) is 6.07 Å². The van der Waals surface area contributed by atoms with Crippen LogP contribution < -0.4 is 20.1 Å². The molecular formula is C19H26F2N4O2S. The highest BCUT2D eigenvalue weighted by Crippen LogP contribution is 2.29. The van der Waals surface area contributed by atoms with Gasteiger partial charge in [0.2, 0.25) is 0 Å². The summed E-state index contributed by atoms with van der Waals surface area (Å²) in [7, 11) is 1.42. The molecule has 0 atom stereocenters. The minimum Gasteiger partial charge on any atom is -0.493 e. The predicted molar refractivity (Wildman–Crippen MR) is 108 cm³/mol.